The van der Waals surface area contributed by atoms with Gasteiger partial charge >= 0.3 is 0 Å². The molecule has 2 unspecified atom stereocenters. The Bertz CT molecular complexity index is 404. The van der Waals surface area contributed by atoms with Gasteiger partial charge in [0.1, 0.15) is 0 Å². The van der Waals surface area contributed by atoms with Gasteiger partial charge in [0, 0.05) is 25.0 Å². The lowest BCUT2D eigenvalue weighted by molar-refractivity contribution is -0.129. The van der Waals surface area contributed by atoms with E-state index in [4.69, 9.17) is 0 Å². The van der Waals surface area contributed by atoms with Gasteiger partial charge in [0.25, 0.3) is 0 Å². The Labute approximate surface area is 116 Å². The van der Waals surface area contributed by atoms with Gasteiger partial charge in [-0.15, -0.1) is 0 Å². The van der Waals surface area contributed by atoms with Crippen molar-refractivity contribution in [1.29, 1.82) is 0 Å². The van der Waals surface area contributed by atoms with E-state index in [0.717, 1.165) is 25.9 Å². The zero-order valence-corrected chi connectivity index (χ0v) is 11.9. The van der Waals surface area contributed by atoms with Crippen LogP contribution in [0.2, 0.25) is 0 Å². The van der Waals surface area contributed by atoms with Crippen LogP contribution in [0.3, 0.4) is 0 Å². The first kappa shape index (κ1) is 14.1. The van der Waals surface area contributed by atoms with Crippen LogP contribution >= 0.6 is 0 Å². The summed E-state index contributed by atoms with van der Waals surface area (Å²) in [7, 11) is 0. The monoisotopic (exact) mass is 260 g/mol. The number of rotatable bonds is 5. The van der Waals surface area contributed by atoms with Gasteiger partial charge in [-0.1, -0.05) is 37.3 Å². The summed E-state index contributed by atoms with van der Waals surface area (Å²) in [5, 5.41) is 3.27. The molecule has 1 aromatic carbocycles. The van der Waals surface area contributed by atoms with Gasteiger partial charge in [0.2, 0.25) is 5.91 Å². The molecular formula is C16H24N2O. The van der Waals surface area contributed by atoms with Crippen LogP contribution in [0.1, 0.15) is 38.2 Å². The maximum absolute atomic E-state index is 12.1. The third-order valence-corrected chi connectivity index (χ3v) is 4.03. The Morgan fingerprint density at radius 1 is 1.42 bits per heavy atom. The molecule has 19 heavy (non-hydrogen) atoms. The molecule has 1 amide bonds. The van der Waals surface area contributed by atoms with E-state index >= 15 is 0 Å². The molecule has 0 bridgehead atoms. The fourth-order valence-electron chi connectivity index (χ4n) is 2.50. The average molecular weight is 260 g/mol. The van der Waals surface area contributed by atoms with Crippen LogP contribution in [-0.2, 0) is 4.79 Å². The van der Waals surface area contributed by atoms with Gasteiger partial charge in [-0.2, -0.15) is 0 Å². The molecular weight excluding hydrogens is 236 g/mol. The van der Waals surface area contributed by atoms with Crippen LogP contribution in [0.15, 0.2) is 30.3 Å². The molecule has 1 aliphatic heterocycles. The van der Waals surface area contributed by atoms with E-state index in [1.165, 1.54) is 5.56 Å². The van der Waals surface area contributed by atoms with E-state index in [0.29, 0.717) is 18.5 Å². The fourth-order valence-corrected chi connectivity index (χ4v) is 2.50. The smallest absolute Gasteiger partial charge is 0.236 e. The summed E-state index contributed by atoms with van der Waals surface area (Å²) in [4.78, 5) is 14.1. The first-order valence-electron chi connectivity index (χ1n) is 7.26. The van der Waals surface area contributed by atoms with Crippen molar-refractivity contribution in [3.8, 4) is 0 Å². The molecule has 1 aliphatic rings. The molecule has 0 aliphatic carbocycles. The second-order valence-corrected chi connectivity index (χ2v) is 5.43. The van der Waals surface area contributed by atoms with Crippen molar-refractivity contribution in [3.63, 3.8) is 0 Å². The number of amides is 1. The van der Waals surface area contributed by atoms with Crippen LogP contribution in [0, 0.1) is 0 Å². The van der Waals surface area contributed by atoms with Crippen molar-refractivity contribution >= 4 is 5.91 Å². The van der Waals surface area contributed by atoms with Crippen molar-refractivity contribution in [2.45, 2.75) is 38.6 Å². The number of carbonyl (C=O) groups excluding carboxylic acids is 1. The van der Waals surface area contributed by atoms with Gasteiger partial charge in [-0.25, -0.2) is 0 Å². The molecule has 3 heteroatoms. The minimum Gasteiger partial charge on any atom is -0.341 e. The second kappa shape index (κ2) is 6.71. The summed E-state index contributed by atoms with van der Waals surface area (Å²) in [6, 6.07) is 10.9. The molecule has 1 fully saturated rings. The van der Waals surface area contributed by atoms with Crippen LogP contribution in [0.25, 0.3) is 0 Å². The molecule has 0 saturated carbocycles. The first-order valence-corrected chi connectivity index (χ1v) is 7.26. The van der Waals surface area contributed by atoms with Crippen LogP contribution in [0.5, 0.6) is 0 Å². The molecule has 3 nitrogen and oxygen atoms in total. The Balaban J connectivity index is 1.83. The van der Waals surface area contributed by atoms with Gasteiger partial charge in [0.15, 0.2) is 0 Å². The van der Waals surface area contributed by atoms with Crippen LogP contribution in [-0.4, -0.2) is 36.5 Å². The number of hydrogen-bond donors (Lipinski definition) is 1. The SMILES string of the molecule is CCC(C)NCC(=O)N1CCC(c2ccccc2)C1. The Morgan fingerprint density at radius 2 is 2.16 bits per heavy atom. The lowest BCUT2D eigenvalue weighted by Gasteiger charge is -2.18. The van der Waals surface area contributed by atoms with Gasteiger partial charge < -0.3 is 10.2 Å². The minimum atomic E-state index is 0.235. The van der Waals surface area contributed by atoms with Gasteiger partial charge in [-0.05, 0) is 25.3 Å². The van der Waals surface area contributed by atoms with Gasteiger partial charge in [-0.3, -0.25) is 4.79 Å². The predicted molar refractivity (Wildman–Crippen MR) is 78.1 cm³/mol. The zero-order valence-electron chi connectivity index (χ0n) is 11.9. The number of hydrogen-bond acceptors (Lipinski definition) is 2. The average Bonchev–Trinajstić information content (AvgIpc) is 2.95. The fraction of sp³-hybridized carbons (Fsp3) is 0.562. The molecule has 0 radical (unpaired) electrons. The summed E-state index contributed by atoms with van der Waals surface area (Å²) < 4.78 is 0. The lowest BCUT2D eigenvalue weighted by Crippen LogP contribution is -2.39. The highest BCUT2D eigenvalue weighted by Gasteiger charge is 2.26. The maximum Gasteiger partial charge on any atom is 0.236 e. The summed E-state index contributed by atoms with van der Waals surface area (Å²) in [5.74, 6) is 0.743. The van der Waals surface area contributed by atoms with Crippen molar-refractivity contribution in [2.75, 3.05) is 19.6 Å². The number of benzene rings is 1. The van der Waals surface area contributed by atoms with E-state index in [2.05, 4.69) is 43.4 Å². The Hall–Kier alpha value is -1.35. The topological polar surface area (TPSA) is 32.3 Å². The van der Waals surface area contributed by atoms with E-state index < -0.39 is 0 Å². The summed E-state index contributed by atoms with van der Waals surface area (Å²) >= 11 is 0. The van der Waals surface area contributed by atoms with Crippen LogP contribution < -0.4 is 5.32 Å². The standard InChI is InChI=1S/C16H24N2O/c1-3-13(2)17-11-16(19)18-10-9-15(12-18)14-7-5-4-6-8-14/h4-8,13,15,17H,3,9-12H2,1-2H3. The molecule has 1 saturated heterocycles. The van der Waals surface area contributed by atoms with E-state index in [9.17, 15) is 4.79 Å². The third kappa shape index (κ3) is 3.80. The van der Waals surface area contributed by atoms with Crippen molar-refractivity contribution in [2.24, 2.45) is 0 Å². The maximum atomic E-state index is 12.1. The molecule has 0 aromatic heterocycles. The summed E-state index contributed by atoms with van der Waals surface area (Å²) in [6.45, 7) is 6.47. The lowest BCUT2D eigenvalue weighted by atomic mass is 9.99. The normalized spacial score (nSPS) is 20.5. The Kier molecular flexibility index (Phi) is 4.97. The zero-order chi connectivity index (χ0) is 13.7. The summed E-state index contributed by atoms with van der Waals surface area (Å²) in [6.07, 6.45) is 2.14. The molecule has 2 rings (SSSR count). The Morgan fingerprint density at radius 3 is 2.84 bits per heavy atom. The molecule has 1 N–H and O–H groups in total. The molecule has 2 atom stereocenters. The molecule has 1 aromatic rings. The van der Waals surface area contributed by atoms with Crippen molar-refractivity contribution in [3.05, 3.63) is 35.9 Å². The quantitative estimate of drug-likeness (QED) is 0.881. The van der Waals surface area contributed by atoms with Crippen molar-refractivity contribution in [1.82, 2.24) is 10.2 Å². The third-order valence-electron chi connectivity index (χ3n) is 4.03. The number of nitrogens with zero attached hydrogens (tertiary/aromatic N) is 1. The number of nitrogens with one attached hydrogen (secondary N) is 1. The van der Waals surface area contributed by atoms with Gasteiger partial charge in [0.05, 0.1) is 6.54 Å². The second-order valence-electron chi connectivity index (χ2n) is 5.43. The highest BCUT2D eigenvalue weighted by Crippen LogP contribution is 2.26. The van der Waals surface area contributed by atoms with E-state index in [-0.39, 0.29) is 5.91 Å². The first-order chi connectivity index (χ1) is 9.20. The molecule has 0 spiro atoms. The van der Waals surface area contributed by atoms with Crippen molar-refractivity contribution < 1.29 is 4.79 Å². The summed E-state index contributed by atoms with van der Waals surface area (Å²) in [5.41, 5.74) is 1.35. The highest BCUT2D eigenvalue weighted by atomic mass is 16.2. The largest absolute Gasteiger partial charge is 0.341 e. The molecule has 1 heterocycles. The minimum absolute atomic E-state index is 0.235. The number of carbonyl (C=O) groups is 1. The van der Waals surface area contributed by atoms with Crippen LogP contribution in [0.4, 0.5) is 0 Å². The highest BCUT2D eigenvalue weighted by molar-refractivity contribution is 5.78. The molecule has 104 valence electrons. The predicted octanol–water partition coefficient (Wildman–Crippen LogP) is 2.39. The van der Waals surface area contributed by atoms with E-state index in [1.54, 1.807) is 0 Å². The number of likely N-dealkylation sites (tertiary alicyclic amines) is 1. The van der Waals surface area contributed by atoms with E-state index in [1.807, 2.05) is 11.0 Å².